The average molecular weight is 445 g/mol. The molecule has 3 rings (SSSR count). The Hall–Kier alpha value is -2.38. The minimum Gasteiger partial charge on any atom is -0.496 e. The monoisotopic (exact) mass is 444 g/mol. The van der Waals surface area contributed by atoms with Gasteiger partial charge in [0.05, 0.1) is 18.0 Å². The van der Waals surface area contributed by atoms with Crippen LogP contribution in [0.1, 0.15) is 54.5 Å². The van der Waals surface area contributed by atoms with Crippen molar-refractivity contribution in [1.82, 2.24) is 9.62 Å². The van der Waals surface area contributed by atoms with E-state index < -0.39 is 10.0 Å². The zero-order chi connectivity index (χ0) is 22.6. The average Bonchev–Trinajstić information content (AvgIpc) is 3.29. The van der Waals surface area contributed by atoms with Crippen LogP contribution in [-0.2, 0) is 21.2 Å². The van der Waals surface area contributed by atoms with Gasteiger partial charge >= 0.3 is 0 Å². The van der Waals surface area contributed by atoms with Crippen molar-refractivity contribution in [2.45, 2.75) is 57.4 Å². The van der Waals surface area contributed by atoms with Crippen molar-refractivity contribution in [3.8, 4) is 5.75 Å². The molecule has 1 atom stereocenters. The van der Waals surface area contributed by atoms with Crippen molar-refractivity contribution in [3.63, 3.8) is 0 Å². The zero-order valence-electron chi connectivity index (χ0n) is 18.8. The molecule has 6 nitrogen and oxygen atoms in total. The van der Waals surface area contributed by atoms with E-state index in [4.69, 9.17) is 4.74 Å². The number of carbonyl (C=O) groups is 1. The van der Waals surface area contributed by atoms with E-state index in [0.29, 0.717) is 25.3 Å². The Morgan fingerprint density at radius 1 is 1.10 bits per heavy atom. The van der Waals surface area contributed by atoms with Gasteiger partial charge in [-0.05, 0) is 80.5 Å². The lowest BCUT2D eigenvalue weighted by Gasteiger charge is -2.18. The fourth-order valence-corrected chi connectivity index (χ4v) is 5.44. The van der Waals surface area contributed by atoms with Crippen molar-refractivity contribution in [2.24, 2.45) is 0 Å². The number of benzene rings is 2. The fourth-order valence-electron chi connectivity index (χ4n) is 3.87. The molecule has 0 bridgehead atoms. The van der Waals surface area contributed by atoms with E-state index in [0.717, 1.165) is 24.0 Å². The van der Waals surface area contributed by atoms with Gasteiger partial charge in [-0.25, -0.2) is 8.42 Å². The zero-order valence-corrected chi connectivity index (χ0v) is 19.6. The van der Waals surface area contributed by atoms with E-state index in [1.54, 1.807) is 25.3 Å². The third kappa shape index (κ3) is 5.46. The van der Waals surface area contributed by atoms with Gasteiger partial charge in [-0.1, -0.05) is 18.2 Å². The summed E-state index contributed by atoms with van der Waals surface area (Å²) in [4.78, 5) is 12.8. The van der Waals surface area contributed by atoms with E-state index >= 15 is 0 Å². The molecule has 0 radical (unpaired) electrons. The number of hydrogen-bond acceptors (Lipinski definition) is 4. The Labute approximate surface area is 185 Å². The lowest BCUT2D eigenvalue weighted by Crippen LogP contribution is -2.28. The fraction of sp³-hybridized carbons (Fsp3) is 0.458. The first-order valence-corrected chi connectivity index (χ1v) is 12.2. The highest BCUT2D eigenvalue weighted by Gasteiger charge is 2.27. The number of hydrogen-bond donors (Lipinski definition) is 1. The molecule has 1 aliphatic rings. The highest BCUT2D eigenvalue weighted by Crippen LogP contribution is 2.27. The maximum absolute atomic E-state index is 12.9. The van der Waals surface area contributed by atoms with Gasteiger partial charge in [0.2, 0.25) is 15.9 Å². The largest absolute Gasteiger partial charge is 0.496 e. The molecule has 1 saturated heterocycles. The van der Waals surface area contributed by atoms with Crippen LogP contribution < -0.4 is 10.1 Å². The highest BCUT2D eigenvalue weighted by atomic mass is 32.2. The summed E-state index contributed by atoms with van der Waals surface area (Å²) in [6, 6.07) is 11.0. The van der Waals surface area contributed by atoms with Crippen LogP contribution in [0.5, 0.6) is 5.75 Å². The Kier molecular flexibility index (Phi) is 7.38. The Balaban J connectivity index is 1.68. The summed E-state index contributed by atoms with van der Waals surface area (Å²) in [5, 5.41) is 3.03. The third-order valence-electron chi connectivity index (χ3n) is 5.98. The first-order chi connectivity index (χ1) is 14.7. The molecule has 1 amide bonds. The van der Waals surface area contributed by atoms with Crippen LogP contribution in [0, 0.1) is 13.8 Å². The molecule has 0 aromatic heterocycles. The van der Waals surface area contributed by atoms with Crippen molar-refractivity contribution in [3.05, 3.63) is 58.7 Å². The standard InChI is InChI=1S/C24H32N2O4S/c1-17-7-8-20(15-18(17)2)19(3)25-24(27)12-9-21-16-22(10-11-23(21)30-4)31(28,29)26-13-5-6-14-26/h7-8,10-11,15-16,19H,5-6,9,12-14H2,1-4H3,(H,25,27). The minimum atomic E-state index is -3.51. The second-order valence-corrected chi connectivity index (χ2v) is 10.2. The lowest BCUT2D eigenvalue weighted by molar-refractivity contribution is -0.121. The molecule has 1 fully saturated rings. The van der Waals surface area contributed by atoms with E-state index in [9.17, 15) is 13.2 Å². The first-order valence-electron chi connectivity index (χ1n) is 10.8. The number of amides is 1. The van der Waals surface area contributed by atoms with Crippen LogP contribution >= 0.6 is 0 Å². The molecule has 0 spiro atoms. The summed E-state index contributed by atoms with van der Waals surface area (Å²) >= 11 is 0. The van der Waals surface area contributed by atoms with Crippen molar-refractivity contribution < 1.29 is 17.9 Å². The number of methoxy groups -OCH3 is 1. The predicted molar refractivity (Wildman–Crippen MR) is 122 cm³/mol. The van der Waals surface area contributed by atoms with Crippen LogP contribution in [0.3, 0.4) is 0 Å². The summed E-state index contributed by atoms with van der Waals surface area (Å²) in [6.45, 7) is 7.20. The normalized spacial score (nSPS) is 15.6. The molecule has 7 heteroatoms. The topological polar surface area (TPSA) is 75.7 Å². The van der Waals surface area contributed by atoms with Crippen LogP contribution in [0.4, 0.5) is 0 Å². The summed E-state index contributed by atoms with van der Waals surface area (Å²) in [5.74, 6) is 0.510. The molecule has 0 saturated carbocycles. The molecule has 2 aromatic rings. The first kappa shape index (κ1) is 23.3. The van der Waals surface area contributed by atoms with Crippen molar-refractivity contribution >= 4 is 15.9 Å². The molecule has 2 aromatic carbocycles. The highest BCUT2D eigenvalue weighted by molar-refractivity contribution is 7.89. The van der Waals surface area contributed by atoms with Gasteiger partial charge in [-0.15, -0.1) is 0 Å². The molecular formula is C24H32N2O4S. The molecule has 1 unspecified atom stereocenters. The SMILES string of the molecule is COc1ccc(S(=O)(=O)N2CCCC2)cc1CCC(=O)NC(C)c1ccc(C)c(C)c1. The quantitative estimate of drug-likeness (QED) is 0.670. The Morgan fingerprint density at radius 2 is 1.81 bits per heavy atom. The number of sulfonamides is 1. The summed E-state index contributed by atoms with van der Waals surface area (Å²) in [7, 11) is -1.96. The number of nitrogens with zero attached hydrogens (tertiary/aromatic N) is 1. The second-order valence-electron chi connectivity index (χ2n) is 8.22. The number of rotatable bonds is 8. The maximum atomic E-state index is 12.9. The van der Waals surface area contributed by atoms with Gasteiger partial charge in [-0.3, -0.25) is 4.79 Å². The van der Waals surface area contributed by atoms with Gasteiger partial charge < -0.3 is 10.1 Å². The number of carbonyl (C=O) groups excluding carboxylic acids is 1. The summed E-state index contributed by atoms with van der Waals surface area (Å²) < 4.78 is 32.7. The summed E-state index contributed by atoms with van der Waals surface area (Å²) in [6.07, 6.45) is 2.43. The third-order valence-corrected chi connectivity index (χ3v) is 7.88. The van der Waals surface area contributed by atoms with Gasteiger partial charge in [-0.2, -0.15) is 4.31 Å². The van der Waals surface area contributed by atoms with Gasteiger partial charge in [0.25, 0.3) is 0 Å². The molecule has 1 N–H and O–H groups in total. The van der Waals surface area contributed by atoms with E-state index in [1.165, 1.54) is 15.4 Å². The predicted octanol–water partition coefficient (Wildman–Crippen LogP) is 3.91. The number of nitrogens with one attached hydrogen (secondary N) is 1. The lowest BCUT2D eigenvalue weighted by atomic mass is 10.0. The Morgan fingerprint density at radius 3 is 2.45 bits per heavy atom. The number of aryl methyl sites for hydroxylation is 3. The minimum absolute atomic E-state index is 0.0828. The van der Waals surface area contributed by atoms with Crippen LogP contribution in [0.15, 0.2) is 41.3 Å². The summed E-state index contributed by atoms with van der Waals surface area (Å²) in [5.41, 5.74) is 4.20. The number of ether oxygens (including phenoxy) is 1. The van der Waals surface area contributed by atoms with Gasteiger partial charge in [0.1, 0.15) is 5.75 Å². The molecule has 168 valence electrons. The molecule has 0 aliphatic carbocycles. The Bertz CT molecular complexity index is 1040. The van der Waals surface area contributed by atoms with Crippen molar-refractivity contribution in [2.75, 3.05) is 20.2 Å². The van der Waals surface area contributed by atoms with Crippen LogP contribution in [-0.4, -0.2) is 38.8 Å². The molecule has 1 heterocycles. The van der Waals surface area contributed by atoms with Gasteiger partial charge in [0.15, 0.2) is 0 Å². The van der Waals surface area contributed by atoms with E-state index in [-0.39, 0.29) is 23.3 Å². The van der Waals surface area contributed by atoms with Crippen molar-refractivity contribution in [1.29, 1.82) is 0 Å². The van der Waals surface area contributed by atoms with E-state index in [1.807, 2.05) is 13.0 Å². The molecule has 1 aliphatic heterocycles. The van der Waals surface area contributed by atoms with Gasteiger partial charge in [0, 0.05) is 19.5 Å². The second kappa shape index (κ2) is 9.83. The van der Waals surface area contributed by atoms with Crippen LogP contribution in [0.25, 0.3) is 0 Å². The molecular weight excluding hydrogens is 412 g/mol. The smallest absolute Gasteiger partial charge is 0.243 e. The molecule has 31 heavy (non-hydrogen) atoms. The maximum Gasteiger partial charge on any atom is 0.243 e. The van der Waals surface area contributed by atoms with Crippen LogP contribution in [0.2, 0.25) is 0 Å². The van der Waals surface area contributed by atoms with E-state index in [2.05, 4.69) is 31.3 Å².